The molecule has 4 aromatic rings. The lowest BCUT2D eigenvalue weighted by Gasteiger charge is -2.34. The number of halogens is 1. The van der Waals surface area contributed by atoms with E-state index in [2.05, 4.69) is 5.32 Å². The van der Waals surface area contributed by atoms with Gasteiger partial charge in [0.1, 0.15) is 18.3 Å². The first-order chi connectivity index (χ1) is 22.5. The van der Waals surface area contributed by atoms with Crippen molar-refractivity contribution < 1.29 is 22.7 Å². The van der Waals surface area contributed by atoms with Gasteiger partial charge in [-0.05, 0) is 67.3 Å². The van der Waals surface area contributed by atoms with Gasteiger partial charge in [0.2, 0.25) is 11.8 Å². The van der Waals surface area contributed by atoms with Crippen LogP contribution in [-0.4, -0.2) is 50.9 Å². The Morgan fingerprint density at radius 2 is 1.53 bits per heavy atom. The standard InChI is InChI=1S/C37H42ClN3O5S/c1-5-46-35-17-10-9-16-33(35)41(47(44,45)32-20-18-28(4)19-21-32)26-36(42)40(25-30-14-11-15-31(38)22-30)34(37(43)39-24-27(2)3)23-29-12-7-6-8-13-29/h6-22,27,34H,5,23-26H2,1-4H3,(H,39,43). The molecule has 0 bridgehead atoms. The lowest BCUT2D eigenvalue weighted by atomic mass is 10.0. The molecule has 0 saturated heterocycles. The van der Waals surface area contributed by atoms with E-state index in [1.54, 1.807) is 61.5 Å². The molecule has 0 fully saturated rings. The summed E-state index contributed by atoms with van der Waals surface area (Å²) in [7, 11) is -4.26. The number of nitrogens with zero attached hydrogens (tertiary/aromatic N) is 2. The normalized spacial score (nSPS) is 12.0. The molecule has 10 heteroatoms. The van der Waals surface area contributed by atoms with E-state index >= 15 is 0 Å². The fraction of sp³-hybridized carbons (Fsp3) is 0.297. The number of carbonyl (C=O) groups is 2. The molecule has 0 radical (unpaired) electrons. The van der Waals surface area contributed by atoms with E-state index in [-0.39, 0.29) is 35.4 Å². The number of rotatable bonds is 15. The lowest BCUT2D eigenvalue weighted by molar-refractivity contribution is -0.140. The highest BCUT2D eigenvalue weighted by atomic mass is 35.5. The summed E-state index contributed by atoms with van der Waals surface area (Å²) in [4.78, 5) is 30.1. The zero-order valence-corrected chi connectivity index (χ0v) is 28.8. The molecule has 0 aliphatic carbocycles. The Bertz CT molecular complexity index is 1750. The van der Waals surface area contributed by atoms with Crippen LogP contribution in [0.1, 0.15) is 37.5 Å². The zero-order chi connectivity index (χ0) is 34.0. The smallest absolute Gasteiger partial charge is 0.264 e. The molecule has 0 aliphatic rings. The number of anilines is 1. The van der Waals surface area contributed by atoms with Crippen molar-refractivity contribution in [2.24, 2.45) is 5.92 Å². The number of aryl methyl sites for hydroxylation is 1. The van der Waals surface area contributed by atoms with Gasteiger partial charge in [-0.2, -0.15) is 0 Å². The van der Waals surface area contributed by atoms with Crippen LogP contribution < -0.4 is 14.4 Å². The molecule has 1 N–H and O–H groups in total. The van der Waals surface area contributed by atoms with E-state index in [9.17, 15) is 18.0 Å². The van der Waals surface area contributed by atoms with Crippen LogP contribution in [0.3, 0.4) is 0 Å². The van der Waals surface area contributed by atoms with Gasteiger partial charge in [-0.25, -0.2) is 8.42 Å². The van der Waals surface area contributed by atoms with E-state index in [1.807, 2.05) is 57.2 Å². The number of hydrogen-bond acceptors (Lipinski definition) is 5. The Morgan fingerprint density at radius 1 is 0.872 bits per heavy atom. The van der Waals surface area contributed by atoms with Crippen molar-refractivity contribution in [2.45, 2.75) is 51.6 Å². The predicted octanol–water partition coefficient (Wildman–Crippen LogP) is 6.65. The van der Waals surface area contributed by atoms with Gasteiger partial charge >= 0.3 is 0 Å². The highest BCUT2D eigenvalue weighted by Crippen LogP contribution is 2.33. The second kappa shape index (κ2) is 16.5. The average Bonchev–Trinajstić information content (AvgIpc) is 3.05. The summed E-state index contributed by atoms with van der Waals surface area (Å²) in [5.41, 5.74) is 2.66. The number of hydrogen-bond donors (Lipinski definition) is 1. The molecular weight excluding hydrogens is 634 g/mol. The molecular formula is C37H42ClN3O5S. The van der Waals surface area contributed by atoms with Crippen molar-refractivity contribution in [3.63, 3.8) is 0 Å². The third-order valence-electron chi connectivity index (χ3n) is 7.52. The van der Waals surface area contributed by atoms with Crippen molar-refractivity contribution >= 4 is 39.1 Å². The number of amides is 2. The van der Waals surface area contributed by atoms with E-state index in [1.165, 1.54) is 17.0 Å². The number of benzene rings is 4. The van der Waals surface area contributed by atoms with Crippen LogP contribution in [0.25, 0.3) is 0 Å². The third-order valence-corrected chi connectivity index (χ3v) is 9.53. The fourth-order valence-electron chi connectivity index (χ4n) is 5.10. The zero-order valence-electron chi connectivity index (χ0n) is 27.2. The number of nitrogens with one attached hydrogen (secondary N) is 1. The summed E-state index contributed by atoms with van der Waals surface area (Å²) < 4.78 is 35.6. The van der Waals surface area contributed by atoms with Gasteiger partial charge in [-0.3, -0.25) is 13.9 Å². The summed E-state index contributed by atoms with van der Waals surface area (Å²) in [6.45, 7) is 7.81. The molecule has 0 heterocycles. The van der Waals surface area contributed by atoms with Crippen molar-refractivity contribution in [3.8, 4) is 5.75 Å². The summed E-state index contributed by atoms with van der Waals surface area (Å²) in [5, 5.41) is 3.48. The first-order valence-corrected chi connectivity index (χ1v) is 17.5. The minimum Gasteiger partial charge on any atom is -0.492 e. The summed E-state index contributed by atoms with van der Waals surface area (Å²) in [6, 6.07) is 28.7. The molecule has 8 nitrogen and oxygen atoms in total. The van der Waals surface area contributed by atoms with Crippen molar-refractivity contribution in [2.75, 3.05) is 24.0 Å². The molecule has 47 heavy (non-hydrogen) atoms. The maximum Gasteiger partial charge on any atom is 0.264 e. The van der Waals surface area contributed by atoms with Gasteiger partial charge < -0.3 is 15.0 Å². The highest BCUT2D eigenvalue weighted by molar-refractivity contribution is 7.92. The predicted molar refractivity (Wildman–Crippen MR) is 187 cm³/mol. The average molecular weight is 676 g/mol. The van der Waals surface area contributed by atoms with E-state index in [0.29, 0.717) is 29.5 Å². The molecule has 248 valence electrons. The SMILES string of the molecule is CCOc1ccccc1N(CC(=O)N(Cc1cccc(Cl)c1)C(Cc1ccccc1)C(=O)NCC(C)C)S(=O)(=O)c1ccc(C)cc1. The molecule has 2 amide bonds. The molecule has 0 saturated carbocycles. The van der Waals surface area contributed by atoms with Crippen LogP contribution in [0.15, 0.2) is 108 Å². The first kappa shape index (κ1) is 35.5. The number of sulfonamides is 1. The van der Waals surface area contributed by atoms with Crippen LogP contribution in [-0.2, 0) is 32.6 Å². The van der Waals surface area contributed by atoms with E-state index in [4.69, 9.17) is 16.3 Å². The van der Waals surface area contributed by atoms with Crippen molar-refractivity contribution in [1.29, 1.82) is 0 Å². The second-order valence-corrected chi connectivity index (χ2v) is 14.0. The maximum atomic E-state index is 14.7. The Morgan fingerprint density at radius 3 is 2.19 bits per heavy atom. The van der Waals surface area contributed by atoms with Gasteiger partial charge in [0.05, 0.1) is 17.2 Å². The van der Waals surface area contributed by atoms with Crippen LogP contribution in [0.2, 0.25) is 5.02 Å². The largest absolute Gasteiger partial charge is 0.492 e. The fourth-order valence-corrected chi connectivity index (χ4v) is 6.74. The third kappa shape index (κ3) is 9.59. The van der Waals surface area contributed by atoms with Gasteiger partial charge in [-0.15, -0.1) is 0 Å². The van der Waals surface area contributed by atoms with Crippen LogP contribution in [0.4, 0.5) is 5.69 Å². The first-order valence-electron chi connectivity index (χ1n) is 15.7. The number of carbonyl (C=O) groups excluding carboxylic acids is 2. The Labute approximate surface area is 283 Å². The van der Waals surface area contributed by atoms with Crippen LogP contribution >= 0.6 is 11.6 Å². The van der Waals surface area contributed by atoms with E-state index in [0.717, 1.165) is 15.4 Å². The Kier molecular flexibility index (Phi) is 12.4. The molecule has 0 spiro atoms. The molecule has 0 aliphatic heterocycles. The Hall–Kier alpha value is -4.34. The topological polar surface area (TPSA) is 96.0 Å². The van der Waals surface area contributed by atoms with E-state index < -0.39 is 28.5 Å². The van der Waals surface area contributed by atoms with Crippen molar-refractivity contribution in [3.05, 3.63) is 125 Å². The van der Waals surface area contributed by atoms with Crippen LogP contribution in [0, 0.1) is 12.8 Å². The molecule has 4 rings (SSSR count). The molecule has 1 unspecified atom stereocenters. The molecule has 1 atom stereocenters. The highest BCUT2D eigenvalue weighted by Gasteiger charge is 2.35. The van der Waals surface area contributed by atoms with Crippen LogP contribution in [0.5, 0.6) is 5.75 Å². The quantitative estimate of drug-likeness (QED) is 0.152. The van der Waals surface area contributed by atoms with Gasteiger partial charge in [0, 0.05) is 24.5 Å². The number of para-hydroxylation sites is 2. The van der Waals surface area contributed by atoms with Gasteiger partial charge in [0.15, 0.2) is 0 Å². The maximum absolute atomic E-state index is 14.7. The second-order valence-electron chi connectivity index (χ2n) is 11.7. The summed E-state index contributed by atoms with van der Waals surface area (Å²) >= 11 is 6.33. The Balaban J connectivity index is 1.83. The summed E-state index contributed by atoms with van der Waals surface area (Å²) in [5.74, 6) is -0.401. The lowest BCUT2D eigenvalue weighted by Crippen LogP contribution is -2.53. The van der Waals surface area contributed by atoms with Gasteiger partial charge in [0.25, 0.3) is 10.0 Å². The van der Waals surface area contributed by atoms with Gasteiger partial charge in [-0.1, -0.05) is 97.7 Å². The van der Waals surface area contributed by atoms with Crippen molar-refractivity contribution in [1.82, 2.24) is 10.2 Å². The minimum atomic E-state index is -4.26. The number of ether oxygens (including phenoxy) is 1. The summed E-state index contributed by atoms with van der Waals surface area (Å²) in [6.07, 6.45) is 0.220. The monoisotopic (exact) mass is 675 g/mol. The molecule has 0 aromatic heterocycles. The minimum absolute atomic E-state index is 0.0253. The molecule has 4 aromatic carbocycles.